The van der Waals surface area contributed by atoms with Gasteiger partial charge in [-0.3, -0.25) is 0 Å². The van der Waals surface area contributed by atoms with Crippen molar-refractivity contribution in [2.45, 2.75) is 92.9 Å². The van der Waals surface area contributed by atoms with Gasteiger partial charge < -0.3 is 0 Å². The van der Waals surface area contributed by atoms with Crippen LogP contribution in [0.15, 0.2) is 0 Å². The van der Waals surface area contributed by atoms with Crippen LogP contribution in [-0.4, -0.2) is 0 Å². The smallest absolute Gasteiger partial charge is 0.0262 e. The maximum absolute atomic E-state index is 2.66. The topological polar surface area (TPSA) is 0 Å². The molecule has 0 saturated heterocycles. The molecule has 0 nitrogen and oxygen atoms in total. The molecule has 0 aromatic heterocycles. The van der Waals surface area contributed by atoms with Crippen LogP contribution in [0.1, 0.15) is 92.9 Å². The van der Waals surface area contributed by atoms with Crippen molar-refractivity contribution in [3.8, 4) is 0 Å². The Balaban J connectivity index is 2.15. The molecule has 1 unspecified atom stereocenters. The largest absolute Gasteiger partial charge is 0.0651 e. The molecule has 0 N–H and O–H groups in total. The first-order valence-corrected chi connectivity index (χ1v) is 9.31. The highest BCUT2D eigenvalue weighted by molar-refractivity contribution is 5.02. The third-order valence-electron chi connectivity index (χ3n) is 7.39. The van der Waals surface area contributed by atoms with Gasteiger partial charge in [0.15, 0.2) is 0 Å². The fraction of sp³-hybridized carbons (Fsp3) is 1.00. The summed E-state index contributed by atoms with van der Waals surface area (Å²) in [4.78, 5) is 0. The fourth-order valence-electron chi connectivity index (χ4n) is 5.89. The third-order valence-corrected chi connectivity index (χ3v) is 7.39. The van der Waals surface area contributed by atoms with Crippen LogP contribution in [0.3, 0.4) is 0 Å². The summed E-state index contributed by atoms with van der Waals surface area (Å²) in [6.45, 7) is 15.1. The van der Waals surface area contributed by atoms with E-state index in [0.29, 0.717) is 10.8 Å². The van der Waals surface area contributed by atoms with Crippen molar-refractivity contribution in [1.29, 1.82) is 0 Å². The normalized spacial score (nSPS) is 42.0. The molecule has 0 amide bonds. The van der Waals surface area contributed by atoms with Gasteiger partial charge in [0.25, 0.3) is 0 Å². The molecular weight excluding hydrogens is 240 g/mol. The van der Waals surface area contributed by atoms with Gasteiger partial charge in [0.2, 0.25) is 0 Å². The predicted molar refractivity (Wildman–Crippen MR) is 89.8 cm³/mol. The van der Waals surface area contributed by atoms with Crippen molar-refractivity contribution in [2.24, 2.45) is 34.5 Å². The molecular formula is C20H38. The summed E-state index contributed by atoms with van der Waals surface area (Å²) < 4.78 is 0. The maximum atomic E-state index is 2.66. The molecule has 2 aliphatic carbocycles. The zero-order valence-electron chi connectivity index (χ0n) is 15.0. The lowest BCUT2D eigenvalue weighted by atomic mass is 9.46. The van der Waals surface area contributed by atoms with Crippen molar-refractivity contribution >= 4 is 0 Å². The van der Waals surface area contributed by atoms with Gasteiger partial charge in [-0.2, -0.15) is 0 Å². The molecule has 5 atom stereocenters. The second kappa shape index (κ2) is 6.01. The Bertz CT molecular complexity index is 316. The predicted octanol–water partition coefficient (Wildman–Crippen LogP) is 6.69. The van der Waals surface area contributed by atoms with Crippen molar-refractivity contribution < 1.29 is 0 Å². The molecule has 2 aliphatic rings. The summed E-state index contributed by atoms with van der Waals surface area (Å²) in [5.74, 6) is 3.83. The van der Waals surface area contributed by atoms with E-state index in [9.17, 15) is 0 Å². The van der Waals surface area contributed by atoms with Crippen molar-refractivity contribution in [3.63, 3.8) is 0 Å². The summed E-state index contributed by atoms with van der Waals surface area (Å²) in [5.41, 5.74) is 1.22. The molecule has 0 aliphatic heterocycles. The van der Waals surface area contributed by atoms with Crippen molar-refractivity contribution in [1.82, 2.24) is 0 Å². The minimum absolute atomic E-state index is 0.585. The molecule has 0 radical (unpaired) electrons. The van der Waals surface area contributed by atoms with Gasteiger partial charge in [-0.05, 0) is 60.2 Å². The van der Waals surface area contributed by atoms with Crippen LogP contribution in [-0.2, 0) is 0 Å². The van der Waals surface area contributed by atoms with Crippen LogP contribution in [0.5, 0.6) is 0 Å². The van der Waals surface area contributed by atoms with Crippen LogP contribution in [0, 0.1) is 34.5 Å². The summed E-state index contributed by atoms with van der Waals surface area (Å²) in [5, 5.41) is 0. The average Bonchev–Trinajstić information content (AvgIpc) is 2.36. The van der Waals surface area contributed by atoms with Gasteiger partial charge in [-0.15, -0.1) is 0 Å². The quantitative estimate of drug-likeness (QED) is 0.537. The number of fused-ring (bicyclic) bond motifs is 1. The Morgan fingerprint density at radius 1 is 1.10 bits per heavy atom. The fourth-order valence-corrected chi connectivity index (χ4v) is 5.89. The maximum Gasteiger partial charge on any atom is -0.0262 e. The molecule has 2 saturated carbocycles. The van der Waals surface area contributed by atoms with E-state index < -0.39 is 0 Å². The number of hydrogen-bond acceptors (Lipinski definition) is 0. The molecule has 0 heterocycles. The first-order chi connectivity index (χ1) is 9.31. The van der Waals surface area contributed by atoms with Crippen LogP contribution >= 0.6 is 0 Å². The molecule has 0 aromatic rings. The second-order valence-corrected chi connectivity index (χ2v) is 9.15. The summed E-state index contributed by atoms with van der Waals surface area (Å²) in [6.07, 6.45) is 11.7. The first kappa shape index (κ1) is 16.4. The van der Waals surface area contributed by atoms with Crippen LogP contribution in [0.4, 0.5) is 0 Å². The molecule has 0 spiro atoms. The Morgan fingerprint density at radius 2 is 1.80 bits per heavy atom. The van der Waals surface area contributed by atoms with E-state index in [1.54, 1.807) is 0 Å². The summed E-state index contributed by atoms with van der Waals surface area (Å²) in [7, 11) is 0. The molecule has 118 valence electrons. The van der Waals surface area contributed by atoms with Crippen LogP contribution in [0.2, 0.25) is 0 Å². The Labute approximate surface area is 128 Å². The standard InChI is InChI=1S/C20H38/c1-7-15(2)9-11-17-16(3)10-12-18-19(4,5)13-8-14-20(17,18)6/h15-18H,7-14H2,1-6H3/t15?,16-,17+,18+,20-/m0/s1. The highest BCUT2D eigenvalue weighted by Crippen LogP contribution is 2.62. The van der Waals surface area contributed by atoms with Gasteiger partial charge in [0.05, 0.1) is 0 Å². The Morgan fingerprint density at radius 3 is 2.45 bits per heavy atom. The number of rotatable bonds is 4. The van der Waals surface area contributed by atoms with Gasteiger partial charge in [0, 0.05) is 0 Å². The minimum atomic E-state index is 0.585. The zero-order valence-corrected chi connectivity index (χ0v) is 15.0. The molecule has 2 fully saturated rings. The van der Waals surface area contributed by atoms with Crippen LogP contribution in [0.25, 0.3) is 0 Å². The molecule has 0 heteroatoms. The van der Waals surface area contributed by atoms with Crippen LogP contribution < -0.4 is 0 Å². The van der Waals surface area contributed by atoms with Gasteiger partial charge in [-0.1, -0.05) is 67.2 Å². The minimum Gasteiger partial charge on any atom is -0.0651 e. The number of hydrogen-bond donors (Lipinski definition) is 0. The van der Waals surface area contributed by atoms with Gasteiger partial charge in [0.1, 0.15) is 0 Å². The van der Waals surface area contributed by atoms with Crippen molar-refractivity contribution in [2.75, 3.05) is 0 Å². The summed E-state index contributed by atoms with van der Waals surface area (Å²) in [6, 6.07) is 0. The monoisotopic (exact) mass is 278 g/mol. The molecule has 2 rings (SSSR count). The lowest BCUT2D eigenvalue weighted by Gasteiger charge is -2.59. The molecule has 0 bridgehead atoms. The third kappa shape index (κ3) is 2.95. The van der Waals surface area contributed by atoms with E-state index >= 15 is 0 Å². The average molecular weight is 279 g/mol. The van der Waals surface area contributed by atoms with E-state index in [1.165, 1.54) is 51.4 Å². The van der Waals surface area contributed by atoms with E-state index in [4.69, 9.17) is 0 Å². The lowest BCUT2D eigenvalue weighted by Crippen LogP contribution is -2.51. The molecule has 20 heavy (non-hydrogen) atoms. The van der Waals surface area contributed by atoms with E-state index in [0.717, 1.165) is 23.7 Å². The van der Waals surface area contributed by atoms with Gasteiger partial charge >= 0.3 is 0 Å². The zero-order chi connectivity index (χ0) is 15.0. The Hall–Kier alpha value is 0. The van der Waals surface area contributed by atoms with Gasteiger partial charge in [-0.25, -0.2) is 0 Å². The lowest BCUT2D eigenvalue weighted by molar-refractivity contribution is -0.0972. The highest BCUT2D eigenvalue weighted by atomic mass is 14.6. The van der Waals surface area contributed by atoms with E-state index in [1.807, 2.05) is 0 Å². The first-order valence-electron chi connectivity index (χ1n) is 9.31. The van der Waals surface area contributed by atoms with E-state index in [-0.39, 0.29) is 0 Å². The SMILES string of the molecule is CCC(C)CC[C@@H]1[C@@H](C)CC[C@@H]2C(C)(C)CCC[C@@]12C. The second-order valence-electron chi connectivity index (χ2n) is 9.15. The summed E-state index contributed by atoms with van der Waals surface area (Å²) >= 11 is 0. The van der Waals surface area contributed by atoms with E-state index in [2.05, 4.69) is 41.5 Å². The Kier molecular flexibility index (Phi) is 4.92. The highest BCUT2D eigenvalue weighted by Gasteiger charge is 2.53. The van der Waals surface area contributed by atoms with Crippen molar-refractivity contribution in [3.05, 3.63) is 0 Å². The molecule has 0 aromatic carbocycles.